The second-order valence-corrected chi connectivity index (χ2v) is 4.71. The van der Waals surface area contributed by atoms with Gasteiger partial charge in [-0.15, -0.1) is 0 Å². The molecule has 1 aromatic rings. The first-order valence-electron chi connectivity index (χ1n) is 5.96. The molecule has 1 aromatic heterocycles. The first-order chi connectivity index (χ1) is 7.61. The van der Waals surface area contributed by atoms with Gasteiger partial charge in [-0.25, -0.2) is 4.79 Å². The Kier molecular flexibility index (Phi) is 3.03. The predicted molar refractivity (Wildman–Crippen MR) is 62.0 cm³/mol. The Balaban J connectivity index is 2.59. The van der Waals surface area contributed by atoms with E-state index in [1.807, 2.05) is 0 Å². The van der Waals surface area contributed by atoms with E-state index < -0.39 is 5.63 Å². The molecule has 1 aliphatic rings. The van der Waals surface area contributed by atoms with Gasteiger partial charge in [-0.05, 0) is 26.2 Å². The topological polar surface area (TPSA) is 50.4 Å². The van der Waals surface area contributed by atoms with Crippen molar-refractivity contribution in [2.24, 2.45) is 0 Å². The van der Waals surface area contributed by atoms with E-state index in [0.717, 1.165) is 24.8 Å². The van der Waals surface area contributed by atoms with Gasteiger partial charge in [0.15, 0.2) is 0 Å². The fraction of sp³-hybridized carbons (Fsp3) is 0.615. The van der Waals surface area contributed by atoms with Crippen molar-refractivity contribution in [3.8, 4) is 5.75 Å². The van der Waals surface area contributed by atoms with Crippen LogP contribution in [0.3, 0.4) is 0 Å². The minimum atomic E-state index is -0.399. The lowest BCUT2D eigenvalue weighted by atomic mass is 9.90. The van der Waals surface area contributed by atoms with Crippen LogP contribution in [0.4, 0.5) is 0 Å². The first-order valence-corrected chi connectivity index (χ1v) is 5.96. The Labute approximate surface area is 95.1 Å². The highest BCUT2D eigenvalue weighted by Crippen LogP contribution is 2.34. The molecule has 0 radical (unpaired) electrons. The molecule has 1 unspecified atom stereocenters. The minimum Gasteiger partial charge on any atom is -0.507 e. The molecule has 0 saturated heterocycles. The highest BCUT2D eigenvalue weighted by atomic mass is 16.4. The SMILES string of the molecule is Cc1c(O)c2c(oc1=O)C(C)CCCCC2. The van der Waals surface area contributed by atoms with E-state index in [-0.39, 0.29) is 11.7 Å². The Hall–Kier alpha value is -1.25. The molecule has 0 aliphatic heterocycles. The Morgan fingerprint density at radius 2 is 2.06 bits per heavy atom. The third kappa shape index (κ3) is 1.86. The standard InChI is InChI=1S/C13H18O3/c1-8-6-4-3-5-7-10-11(14)9(2)13(15)16-12(8)10/h8,14H,3-7H2,1-2H3. The molecule has 1 aliphatic carbocycles. The van der Waals surface area contributed by atoms with Crippen molar-refractivity contribution in [3.63, 3.8) is 0 Å². The van der Waals surface area contributed by atoms with Crippen LogP contribution in [-0.4, -0.2) is 5.11 Å². The van der Waals surface area contributed by atoms with Crippen molar-refractivity contribution in [1.29, 1.82) is 0 Å². The molecule has 88 valence electrons. The van der Waals surface area contributed by atoms with Crippen LogP contribution in [-0.2, 0) is 6.42 Å². The summed E-state index contributed by atoms with van der Waals surface area (Å²) in [6.45, 7) is 3.67. The van der Waals surface area contributed by atoms with Crippen LogP contribution >= 0.6 is 0 Å². The molecule has 0 aromatic carbocycles. The van der Waals surface area contributed by atoms with E-state index in [0.29, 0.717) is 11.3 Å². The van der Waals surface area contributed by atoms with E-state index in [4.69, 9.17) is 4.42 Å². The molecule has 1 atom stereocenters. The molecule has 1 heterocycles. The zero-order chi connectivity index (χ0) is 11.7. The molecule has 0 fully saturated rings. The molecule has 3 heteroatoms. The average Bonchev–Trinajstić information content (AvgIpc) is 2.25. The summed E-state index contributed by atoms with van der Waals surface area (Å²) < 4.78 is 5.34. The summed E-state index contributed by atoms with van der Waals surface area (Å²) in [5.41, 5.74) is 0.791. The quantitative estimate of drug-likeness (QED) is 0.734. The molecule has 2 rings (SSSR count). The van der Waals surface area contributed by atoms with Crippen LogP contribution in [0.25, 0.3) is 0 Å². The lowest BCUT2D eigenvalue weighted by Crippen LogP contribution is -2.12. The molecule has 0 saturated carbocycles. The van der Waals surface area contributed by atoms with Crippen molar-refractivity contribution in [1.82, 2.24) is 0 Å². The van der Waals surface area contributed by atoms with Crippen molar-refractivity contribution >= 4 is 0 Å². The van der Waals surface area contributed by atoms with Crippen molar-refractivity contribution in [2.45, 2.75) is 51.9 Å². The van der Waals surface area contributed by atoms with Gasteiger partial charge < -0.3 is 9.52 Å². The van der Waals surface area contributed by atoms with Gasteiger partial charge in [-0.1, -0.05) is 19.8 Å². The van der Waals surface area contributed by atoms with E-state index in [1.165, 1.54) is 12.8 Å². The molecule has 0 amide bonds. The maximum atomic E-state index is 11.5. The molecule has 0 spiro atoms. The average molecular weight is 222 g/mol. The van der Waals surface area contributed by atoms with Gasteiger partial charge in [0.05, 0.1) is 5.56 Å². The third-order valence-electron chi connectivity index (χ3n) is 3.46. The number of rotatable bonds is 0. The van der Waals surface area contributed by atoms with Gasteiger partial charge in [0.2, 0.25) is 0 Å². The maximum Gasteiger partial charge on any atom is 0.342 e. The first kappa shape index (κ1) is 11.2. The second-order valence-electron chi connectivity index (χ2n) is 4.71. The zero-order valence-corrected chi connectivity index (χ0v) is 9.88. The van der Waals surface area contributed by atoms with Crippen LogP contribution in [0.2, 0.25) is 0 Å². The van der Waals surface area contributed by atoms with E-state index >= 15 is 0 Å². The number of hydrogen-bond acceptors (Lipinski definition) is 3. The largest absolute Gasteiger partial charge is 0.507 e. The van der Waals surface area contributed by atoms with Crippen molar-refractivity contribution in [2.75, 3.05) is 0 Å². The van der Waals surface area contributed by atoms with Crippen LogP contribution in [0, 0.1) is 6.92 Å². The number of hydrogen-bond donors (Lipinski definition) is 1. The summed E-state index contributed by atoms with van der Waals surface area (Å²) in [6, 6.07) is 0. The normalized spacial score (nSPS) is 21.0. The van der Waals surface area contributed by atoms with Gasteiger partial charge in [-0.3, -0.25) is 0 Å². The fourth-order valence-corrected chi connectivity index (χ4v) is 2.38. The van der Waals surface area contributed by atoms with Gasteiger partial charge in [0.1, 0.15) is 11.5 Å². The lowest BCUT2D eigenvalue weighted by Gasteiger charge is -2.19. The number of aromatic hydroxyl groups is 1. The summed E-state index contributed by atoms with van der Waals surface area (Å²) in [7, 11) is 0. The lowest BCUT2D eigenvalue weighted by molar-refractivity contribution is 0.369. The van der Waals surface area contributed by atoms with Gasteiger partial charge >= 0.3 is 5.63 Å². The Morgan fingerprint density at radius 1 is 1.31 bits per heavy atom. The van der Waals surface area contributed by atoms with Crippen LogP contribution in [0.5, 0.6) is 5.75 Å². The second kappa shape index (κ2) is 4.32. The zero-order valence-electron chi connectivity index (χ0n) is 9.88. The summed E-state index contributed by atoms with van der Waals surface area (Å²) in [6.07, 6.45) is 5.25. The molecule has 3 nitrogen and oxygen atoms in total. The van der Waals surface area contributed by atoms with E-state index in [2.05, 4.69) is 6.92 Å². The van der Waals surface area contributed by atoms with E-state index in [1.54, 1.807) is 6.92 Å². The number of fused-ring (bicyclic) bond motifs is 1. The predicted octanol–water partition coefficient (Wildman–Crippen LogP) is 2.87. The minimum absolute atomic E-state index is 0.153. The molecule has 1 N–H and O–H groups in total. The van der Waals surface area contributed by atoms with Crippen LogP contribution in [0.1, 0.15) is 55.4 Å². The highest BCUT2D eigenvalue weighted by molar-refractivity contribution is 5.40. The molecule has 16 heavy (non-hydrogen) atoms. The summed E-state index contributed by atoms with van der Waals surface area (Å²) in [4.78, 5) is 11.5. The highest BCUT2D eigenvalue weighted by Gasteiger charge is 2.22. The molecular formula is C13H18O3. The maximum absolute atomic E-state index is 11.5. The van der Waals surface area contributed by atoms with Gasteiger partial charge in [-0.2, -0.15) is 0 Å². The fourth-order valence-electron chi connectivity index (χ4n) is 2.38. The monoisotopic (exact) mass is 222 g/mol. The summed E-state index contributed by atoms with van der Waals surface area (Å²) in [5.74, 6) is 1.09. The smallest absolute Gasteiger partial charge is 0.342 e. The third-order valence-corrected chi connectivity index (χ3v) is 3.46. The van der Waals surface area contributed by atoms with Crippen molar-refractivity contribution in [3.05, 3.63) is 27.3 Å². The van der Waals surface area contributed by atoms with E-state index in [9.17, 15) is 9.90 Å². The Bertz CT molecular complexity index is 445. The van der Waals surface area contributed by atoms with Crippen LogP contribution in [0.15, 0.2) is 9.21 Å². The van der Waals surface area contributed by atoms with Crippen LogP contribution < -0.4 is 5.63 Å². The Morgan fingerprint density at radius 3 is 2.81 bits per heavy atom. The van der Waals surface area contributed by atoms with Gasteiger partial charge in [0.25, 0.3) is 0 Å². The molecular weight excluding hydrogens is 204 g/mol. The summed E-state index contributed by atoms with van der Waals surface area (Å²) >= 11 is 0. The van der Waals surface area contributed by atoms with Gasteiger partial charge in [0, 0.05) is 11.5 Å². The summed E-state index contributed by atoms with van der Waals surface area (Å²) in [5, 5.41) is 10.00. The van der Waals surface area contributed by atoms with Crippen molar-refractivity contribution < 1.29 is 9.52 Å². The molecule has 0 bridgehead atoms.